The molecule has 0 aliphatic rings. The van der Waals surface area contributed by atoms with Gasteiger partial charge in [0.2, 0.25) is 0 Å². The molecular weight excluding hydrogens is 410 g/mol. The fourth-order valence-corrected chi connectivity index (χ4v) is 2.43. The Morgan fingerprint density at radius 3 is 2.32 bits per heavy atom. The fraction of sp³-hybridized carbons (Fsp3) is 0.188. The van der Waals surface area contributed by atoms with Crippen molar-refractivity contribution in [2.75, 3.05) is 0 Å². The first-order chi connectivity index (χ1) is 11.9. The van der Waals surface area contributed by atoms with E-state index in [1.54, 1.807) is 0 Å². The van der Waals surface area contributed by atoms with E-state index in [1.807, 2.05) is 0 Å². The van der Waals surface area contributed by atoms with Crippen molar-refractivity contribution >= 4 is 21.8 Å². The Labute approximate surface area is 148 Å². The van der Waals surface area contributed by atoms with E-state index < -0.39 is 19.1 Å². The molecule has 0 saturated carbocycles. The van der Waals surface area contributed by atoms with Gasteiger partial charge in [-0.3, -0.25) is 4.79 Å². The summed E-state index contributed by atoms with van der Waals surface area (Å²) >= 11 is 3.19. The molecule has 0 aliphatic heterocycles. The number of amides is 1. The lowest BCUT2D eigenvalue weighted by Gasteiger charge is -2.13. The summed E-state index contributed by atoms with van der Waals surface area (Å²) in [6.07, 6.45) is 0. The van der Waals surface area contributed by atoms with Gasteiger partial charge in [-0.15, -0.1) is 0 Å². The molecule has 134 valence electrons. The van der Waals surface area contributed by atoms with Gasteiger partial charge in [-0.1, -0.05) is 28.1 Å². The van der Waals surface area contributed by atoms with E-state index in [1.165, 1.54) is 42.5 Å². The van der Waals surface area contributed by atoms with Gasteiger partial charge >= 0.3 is 13.2 Å². The first kappa shape index (κ1) is 19.0. The van der Waals surface area contributed by atoms with E-state index in [0.717, 1.165) is 0 Å². The van der Waals surface area contributed by atoms with Gasteiger partial charge in [-0.2, -0.15) is 17.6 Å². The number of rotatable bonds is 7. The molecule has 0 fully saturated rings. The average molecular weight is 422 g/mol. The second-order valence-corrected chi connectivity index (χ2v) is 5.60. The first-order valence-electron chi connectivity index (χ1n) is 6.92. The van der Waals surface area contributed by atoms with Crippen molar-refractivity contribution in [1.82, 2.24) is 5.32 Å². The molecule has 1 amide bonds. The molecule has 2 aromatic carbocycles. The molecule has 0 spiro atoms. The molecule has 9 heteroatoms. The standard InChI is InChI=1S/C16H12BrF4NO3/c17-10-5-6-12(24-15(18)19)9(7-10)8-22-14(23)11-3-1-2-4-13(11)25-16(20)21/h1-7,15-16H,8H2,(H,22,23). The third-order valence-corrected chi connectivity index (χ3v) is 3.52. The maximum Gasteiger partial charge on any atom is 0.387 e. The van der Waals surface area contributed by atoms with Crippen molar-refractivity contribution in [2.24, 2.45) is 0 Å². The maximum absolute atomic E-state index is 12.4. The molecular formula is C16H12BrF4NO3. The minimum atomic E-state index is -3.08. The summed E-state index contributed by atoms with van der Waals surface area (Å²) in [6, 6.07) is 9.80. The summed E-state index contributed by atoms with van der Waals surface area (Å²) < 4.78 is 58.9. The lowest BCUT2D eigenvalue weighted by atomic mass is 10.1. The van der Waals surface area contributed by atoms with Gasteiger partial charge in [-0.25, -0.2) is 0 Å². The van der Waals surface area contributed by atoms with Crippen molar-refractivity contribution in [2.45, 2.75) is 19.8 Å². The van der Waals surface area contributed by atoms with Crippen molar-refractivity contribution in [3.05, 3.63) is 58.1 Å². The largest absolute Gasteiger partial charge is 0.434 e. The normalized spacial score (nSPS) is 10.8. The third kappa shape index (κ3) is 5.63. The molecule has 0 aliphatic carbocycles. The van der Waals surface area contributed by atoms with Gasteiger partial charge < -0.3 is 14.8 Å². The van der Waals surface area contributed by atoms with E-state index in [9.17, 15) is 22.4 Å². The number of nitrogens with one attached hydrogen (secondary N) is 1. The molecule has 0 unspecified atom stereocenters. The fourth-order valence-electron chi connectivity index (χ4n) is 2.02. The summed E-state index contributed by atoms with van der Waals surface area (Å²) in [4.78, 5) is 12.2. The van der Waals surface area contributed by atoms with Crippen LogP contribution in [-0.2, 0) is 6.54 Å². The van der Waals surface area contributed by atoms with E-state index >= 15 is 0 Å². The van der Waals surface area contributed by atoms with Crippen molar-refractivity contribution in [1.29, 1.82) is 0 Å². The van der Waals surface area contributed by atoms with Crippen LogP contribution in [0.15, 0.2) is 46.9 Å². The van der Waals surface area contributed by atoms with Crippen molar-refractivity contribution in [3.63, 3.8) is 0 Å². The highest BCUT2D eigenvalue weighted by atomic mass is 79.9. The maximum atomic E-state index is 12.4. The molecule has 0 aromatic heterocycles. The van der Waals surface area contributed by atoms with Gasteiger partial charge in [0.05, 0.1) is 5.56 Å². The molecule has 0 saturated heterocycles. The Balaban J connectivity index is 2.14. The van der Waals surface area contributed by atoms with Crippen LogP contribution in [0, 0.1) is 0 Å². The number of carbonyl (C=O) groups excluding carboxylic acids is 1. The minimum Gasteiger partial charge on any atom is -0.434 e. The van der Waals surface area contributed by atoms with E-state index in [-0.39, 0.29) is 29.2 Å². The lowest BCUT2D eigenvalue weighted by molar-refractivity contribution is -0.0509. The zero-order chi connectivity index (χ0) is 18.4. The Hall–Kier alpha value is -2.29. The smallest absolute Gasteiger partial charge is 0.387 e. The minimum absolute atomic E-state index is 0.101. The Kier molecular flexibility index (Phi) is 6.63. The molecule has 2 rings (SSSR count). The van der Waals surface area contributed by atoms with Crippen LogP contribution in [0.2, 0.25) is 0 Å². The first-order valence-corrected chi connectivity index (χ1v) is 7.71. The zero-order valence-electron chi connectivity index (χ0n) is 12.5. The highest BCUT2D eigenvalue weighted by Crippen LogP contribution is 2.25. The lowest BCUT2D eigenvalue weighted by Crippen LogP contribution is -2.24. The summed E-state index contributed by atoms with van der Waals surface area (Å²) in [5.41, 5.74) is 0.185. The molecule has 0 radical (unpaired) electrons. The van der Waals surface area contributed by atoms with Crippen LogP contribution in [0.4, 0.5) is 17.6 Å². The third-order valence-electron chi connectivity index (χ3n) is 3.03. The molecule has 4 nitrogen and oxygen atoms in total. The Bertz CT molecular complexity index is 743. The number of ether oxygens (including phenoxy) is 2. The van der Waals surface area contributed by atoms with Crippen LogP contribution in [-0.4, -0.2) is 19.1 Å². The molecule has 0 bridgehead atoms. The second-order valence-electron chi connectivity index (χ2n) is 4.69. The average Bonchev–Trinajstić information content (AvgIpc) is 2.54. The number of halogens is 5. The summed E-state index contributed by atoms with van der Waals surface area (Å²) in [6.45, 7) is -6.25. The summed E-state index contributed by atoms with van der Waals surface area (Å²) in [5.74, 6) is -1.08. The highest BCUT2D eigenvalue weighted by molar-refractivity contribution is 9.10. The Morgan fingerprint density at radius 1 is 1.00 bits per heavy atom. The SMILES string of the molecule is O=C(NCc1cc(Br)ccc1OC(F)F)c1ccccc1OC(F)F. The topological polar surface area (TPSA) is 47.6 Å². The van der Waals surface area contributed by atoms with E-state index in [4.69, 9.17) is 0 Å². The van der Waals surface area contributed by atoms with Crippen LogP contribution < -0.4 is 14.8 Å². The van der Waals surface area contributed by atoms with Crippen LogP contribution in [0.1, 0.15) is 15.9 Å². The Morgan fingerprint density at radius 2 is 1.64 bits per heavy atom. The number of hydrogen-bond acceptors (Lipinski definition) is 3. The predicted octanol–water partition coefficient (Wildman–Crippen LogP) is 4.58. The molecule has 1 N–H and O–H groups in total. The van der Waals surface area contributed by atoms with Crippen LogP contribution in [0.25, 0.3) is 0 Å². The molecule has 2 aromatic rings. The second kappa shape index (κ2) is 8.70. The number of hydrogen-bond donors (Lipinski definition) is 1. The van der Waals surface area contributed by atoms with Crippen molar-refractivity contribution in [3.8, 4) is 11.5 Å². The summed E-state index contributed by atoms with van der Waals surface area (Å²) in [7, 11) is 0. The van der Waals surface area contributed by atoms with Crippen molar-refractivity contribution < 1.29 is 31.8 Å². The molecule has 25 heavy (non-hydrogen) atoms. The molecule has 0 atom stereocenters. The zero-order valence-corrected chi connectivity index (χ0v) is 14.1. The van der Waals surface area contributed by atoms with Gasteiger partial charge in [0.1, 0.15) is 11.5 Å². The quantitative estimate of drug-likeness (QED) is 0.665. The van der Waals surface area contributed by atoms with Crippen LogP contribution >= 0.6 is 15.9 Å². The summed E-state index contributed by atoms with van der Waals surface area (Å²) in [5, 5.41) is 2.46. The van der Waals surface area contributed by atoms with Gasteiger partial charge in [0.25, 0.3) is 5.91 Å². The number of para-hydroxylation sites is 1. The van der Waals surface area contributed by atoms with E-state index in [2.05, 4.69) is 30.7 Å². The highest BCUT2D eigenvalue weighted by Gasteiger charge is 2.16. The van der Waals surface area contributed by atoms with Crippen LogP contribution in [0.5, 0.6) is 11.5 Å². The van der Waals surface area contributed by atoms with Gasteiger partial charge in [0, 0.05) is 16.6 Å². The van der Waals surface area contributed by atoms with Crippen LogP contribution in [0.3, 0.4) is 0 Å². The number of alkyl halides is 4. The van der Waals surface area contributed by atoms with Gasteiger partial charge in [0.15, 0.2) is 0 Å². The number of carbonyl (C=O) groups is 1. The van der Waals surface area contributed by atoms with E-state index in [0.29, 0.717) is 4.47 Å². The monoisotopic (exact) mass is 421 g/mol. The van der Waals surface area contributed by atoms with Gasteiger partial charge in [-0.05, 0) is 30.3 Å². The predicted molar refractivity (Wildman–Crippen MR) is 85.0 cm³/mol. The number of benzene rings is 2. The molecule has 0 heterocycles.